The Morgan fingerprint density at radius 2 is 1.26 bits per heavy atom. The summed E-state index contributed by atoms with van der Waals surface area (Å²) in [4.78, 5) is 73.1. The summed E-state index contributed by atoms with van der Waals surface area (Å²) in [5.74, 6) is -3.14. The minimum Gasteiger partial charge on any atom is -0.478 e. The zero-order chi connectivity index (χ0) is 32.1. The second-order valence-electron chi connectivity index (χ2n) is 10.4. The predicted octanol–water partition coefficient (Wildman–Crippen LogP) is 5.00. The van der Waals surface area contributed by atoms with Crippen molar-refractivity contribution in [2.24, 2.45) is 0 Å². The normalized spacial score (nSPS) is 13.7. The average Bonchev–Trinajstić information content (AvgIpc) is 3.33. The highest BCUT2D eigenvalue weighted by molar-refractivity contribution is 6.34. The summed E-state index contributed by atoms with van der Waals surface area (Å²) in [7, 11) is 0. The zero-order valence-electron chi connectivity index (χ0n) is 23.6. The van der Waals surface area contributed by atoms with Crippen LogP contribution in [-0.2, 0) is 0 Å². The number of carboxylic acid groups (broad SMARTS) is 2. The number of hydrogen-bond acceptors (Lipinski definition) is 8. The second-order valence-corrected chi connectivity index (χ2v) is 10.4. The lowest BCUT2D eigenvalue weighted by Crippen LogP contribution is -2.38. The molecule has 3 amide bonds. The molecule has 2 N–H and O–H groups in total. The number of anilines is 2. The van der Waals surface area contributed by atoms with E-state index in [0.29, 0.717) is 28.5 Å². The minimum atomic E-state index is -1.19. The number of ether oxygens (including phenoxy) is 1. The van der Waals surface area contributed by atoms with Gasteiger partial charge >= 0.3 is 11.9 Å². The molecule has 12 heteroatoms. The van der Waals surface area contributed by atoms with Gasteiger partial charge in [-0.2, -0.15) is 0 Å². The third-order valence-corrected chi connectivity index (χ3v) is 7.70. The van der Waals surface area contributed by atoms with Crippen molar-refractivity contribution in [2.45, 2.75) is 0 Å². The Morgan fingerprint density at radius 1 is 0.652 bits per heavy atom. The number of hydrogen-bond donors (Lipinski definition) is 2. The van der Waals surface area contributed by atoms with Crippen molar-refractivity contribution >= 4 is 41.0 Å². The van der Waals surface area contributed by atoms with Gasteiger partial charge in [0, 0.05) is 23.0 Å². The predicted molar refractivity (Wildman–Crippen MR) is 163 cm³/mol. The second kappa shape index (κ2) is 10.8. The summed E-state index contributed by atoms with van der Waals surface area (Å²) in [6.07, 6.45) is 1.61. The number of carbonyl (C=O) groups is 5. The van der Waals surface area contributed by atoms with Crippen LogP contribution in [0.2, 0.25) is 0 Å². The van der Waals surface area contributed by atoms with E-state index in [9.17, 15) is 34.2 Å². The summed E-state index contributed by atoms with van der Waals surface area (Å²) in [5, 5.41) is 18.5. The summed E-state index contributed by atoms with van der Waals surface area (Å²) < 4.78 is 5.67. The molecule has 0 spiro atoms. The number of amides is 3. The van der Waals surface area contributed by atoms with Crippen molar-refractivity contribution in [3.63, 3.8) is 0 Å². The molecule has 0 atom stereocenters. The Hall–Kier alpha value is -6.69. The van der Waals surface area contributed by atoms with Gasteiger partial charge in [-0.15, -0.1) is 0 Å². The van der Waals surface area contributed by atoms with Gasteiger partial charge in [0.05, 0.1) is 39.2 Å². The largest absolute Gasteiger partial charge is 0.478 e. The minimum absolute atomic E-state index is 0.0323. The maximum atomic E-state index is 13.1. The highest BCUT2D eigenvalue weighted by atomic mass is 16.5. The lowest BCUT2D eigenvalue weighted by molar-refractivity contribution is 0.0685. The molecule has 7 rings (SSSR count). The quantitative estimate of drug-likeness (QED) is 0.249. The Kier molecular flexibility index (Phi) is 6.59. The molecule has 0 fully saturated rings. The molecule has 0 bridgehead atoms. The van der Waals surface area contributed by atoms with Crippen LogP contribution in [0.15, 0.2) is 97.2 Å². The number of carboxylic acids is 2. The van der Waals surface area contributed by atoms with Crippen LogP contribution < -0.4 is 14.5 Å². The molecule has 3 heterocycles. The summed E-state index contributed by atoms with van der Waals surface area (Å²) in [6, 6.07) is 23.4. The van der Waals surface area contributed by atoms with Gasteiger partial charge in [0.1, 0.15) is 5.75 Å². The van der Waals surface area contributed by atoms with Crippen molar-refractivity contribution in [1.29, 1.82) is 0 Å². The highest BCUT2D eigenvalue weighted by Crippen LogP contribution is 2.33. The third kappa shape index (κ3) is 4.70. The maximum Gasteiger partial charge on any atom is 0.335 e. The van der Waals surface area contributed by atoms with E-state index in [0.717, 1.165) is 10.5 Å². The molecule has 0 radical (unpaired) electrons. The van der Waals surface area contributed by atoms with Crippen LogP contribution in [0.4, 0.5) is 11.4 Å². The third-order valence-electron chi connectivity index (χ3n) is 7.70. The number of rotatable bonds is 6. The first kappa shape index (κ1) is 28.1. The first-order valence-electron chi connectivity index (χ1n) is 13.8. The smallest absolute Gasteiger partial charge is 0.335 e. The molecular formula is C34H20N4O8. The van der Waals surface area contributed by atoms with Gasteiger partial charge in [-0.3, -0.25) is 19.3 Å². The fourth-order valence-corrected chi connectivity index (χ4v) is 5.32. The highest BCUT2D eigenvalue weighted by Gasteiger charge is 2.37. The van der Waals surface area contributed by atoms with Crippen molar-refractivity contribution in [3.8, 4) is 28.4 Å². The molecule has 2 aliphatic heterocycles. The van der Waals surface area contributed by atoms with Crippen molar-refractivity contribution < 1.29 is 38.9 Å². The summed E-state index contributed by atoms with van der Waals surface area (Å²) in [6.45, 7) is -0.0774. The molecule has 0 saturated heterocycles. The van der Waals surface area contributed by atoms with E-state index in [4.69, 9.17) is 4.74 Å². The lowest BCUT2D eigenvalue weighted by Gasteiger charge is -2.29. The molecule has 4 aromatic carbocycles. The zero-order valence-corrected chi connectivity index (χ0v) is 23.6. The van der Waals surface area contributed by atoms with Gasteiger partial charge in [-0.25, -0.2) is 24.5 Å². The average molecular weight is 613 g/mol. The topological polar surface area (TPSA) is 167 Å². The van der Waals surface area contributed by atoms with Gasteiger partial charge in [0.2, 0.25) is 0 Å². The Labute approximate surface area is 259 Å². The first-order valence-corrected chi connectivity index (χ1v) is 13.8. The lowest BCUT2D eigenvalue weighted by atomic mass is 10.1. The fourth-order valence-electron chi connectivity index (χ4n) is 5.32. The number of benzene rings is 4. The van der Waals surface area contributed by atoms with Crippen LogP contribution in [0.25, 0.3) is 22.6 Å². The van der Waals surface area contributed by atoms with E-state index < -0.39 is 23.8 Å². The van der Waals surface area contributed by atoms with Crippen LogP contribution in [0.5, 0.6) is 5.75 Å². The summed E-state index contributed by atoms with van der Waals surface area (Å²) >= 11 is 0. The van der Waals surface area contributed by atoms with Gasteiger partial charge in [-0.05, 0) is 78.9 Å². The van der Waals surface area contributed by atoms with E-state index >= 15 is 0 Å². The number of imide groups is 1. The van der Waals surface area contributed by atoms with E-state index in [-0.39, 0.29) is 46.2 Å². The van der Waals surface area contributed by atoms with Crippen LogP contribution >= 0.6 is 0 Å². The molecule has 0 unspecified atom stereocenters. The van der Waals surface area contributed by atoms with Gasteiger partial charge in [-0.1, -0.05) is 12.1 Å². The van der Waals surface area contributed by atoms with E-state index in [1.165, 1.54) is 41.3 Å². The van der Waals surface area contributed by atoms with Crippen molar-refractivity contribution in [3.05, 3.63) is 125 Å². The number of carbonyl (C=O) groups excluding carboxylic acids is 3. The van der Waals surface area contributed by atoms with Crippen LogP contribution in [-0.4, -0.2) is 56.6 Å². The van der Waals surface area contributed by atoms with Gasteiger partial charge in [0.15, 0.2) is 12.6 Å². The van der Waals surface area contributed by atoms with Crippen molar-refractivity contribution in [2.75, 3.05) is 16.5 Å². The Balaban J connectivity index is 1.09. The van der Waals surface area contributed by atoms with Gasteiger partial charge in [0.25, 0.3) is 17.7 Å². The fraction of sp³-hybridized carbons (Fsp3) is 0.0294. The van der Waals surface area contributed by atoms with Crippen LogP contribution in [0.3, 0.4) is 0 Å². The van der Waals surface area contributed by atoms with Crippen molar-refractivity contribution in [1.82, 2.24) is 9.97 Å². The molecular weight excluding hydrogens is 592 g/mol. The van der Waals surface area contributed by atoms with E-state index in [1.807, 2.05) is 0 Å². The number of aromatic nitrogens is 2. The molecule has 12 nitrogen and oxygen atoms in total. The van der Waals surface area contributed by atoms with E-state index in [2.05, 4.69) is 9.97 Å². The molecule has 224 valence electrons. The first-order chi connectivity index (χ1) is 22.2. The molecule has 0 aliphatic carbocycles. The number of fused-ring (bicyclic) bond motifs is 2. The Morgan fingerprint density at radius 3 is 1.96 bits per heavy atom. The van der Waals surface area contributed by atoms with E-state index in [1.54, 1.807) is 60.8 Å². The summed E-state index contributed by atoms with van der Waals surface area (Å²) in [5.41, 5.74) is 3.29. The Bertz CT molecular complexity index is 2130. The number of aromatic carboxylic acids is 2. The molecule has 46 heavy (non-hydrogen) atoms. The standard InChI is InChI=1S/C34H20N4O8/c39-30-25-12-6-21(34(44)45)16-28(25)46-17-37(30)22-7-1-18(2-8-22)27-13-14-35-29(36-27)19-3-9-23(10-4-19)38-31(40)24-11-5-20(33(42)43)15-26(24)32(38)41/h1-16H,17H2,(H,42,43)(H,44,45). The number of nitrogens with zero attached hydrogens (tertiary/aromatic N) is 4. The van der Waals surface area contributed by atoms with Crippen LogP contribution in [0.1, 0.15) is 51.8 Å². The molecule has 5 aromatic rings. The molecule has 1 aromatic heterocycles. The SMILES string of the molecule is O=C(O)c1ccc2c(c1)OCN(c1ccc(-c3ccnc(-c4ccc(N5C(=O)c6ccc(C(=O)O)cc6C5=O)cc4)n3)cc1)C2=O. The monoisotopic (exact) mass is 612 g/mol. The van der Waals surface area contributed by atoms with Crippen LogP contribution in [0, 0.1) is 0 Å². The molecule has 2 aliphatic rings. The maximum absolute atomic E-state index is 13.1. The van der Waals surface area contributed by atoms with Gasteiger partial charge < -0.3 is 14.9 Å². The molecule has 0 saturated carbocycles.